The number of ether oxygens (including phenoxy) is 1. The molecule has 0 fully saturated rings. The van der Waals surface area contributed by atoms with Crippen molar-refractivity contribution in [3.8, 4) is 5.88 Å². The van der Waals surface area contributed by atoms with Crippen molar-refractivity contribution in [2.24, 2.45) is 4.99 Å². The molecule has 8 heteroatoms. The predicted molar refractivity (Wildman–Crippen MR) is 93.5 cm³/mol. The molecular weight excluding hydrogens is 330 g/mol. The van der Waals surface area contributed by atoms with Crippen LogP contribution in [0.15, 0.2) is 27.7 Å². The molecule has 2 aromatic heterocycles. The third-order valence-corrected chi connectivity index (χ3v) is 3.36. The molecule has 0 spiro atoms. The molecule has 0 saturated heterocycles. The Kier molecular flexibility index (Phi) is 6.87. The highest BCUT2D eigenvalue weighted by Gasteiger charge is 2.05. The van der Waals surface area contributed by atoms with E-state index in [9.17, 15) is 0 Å². The van der Waals surface area contributed by atoms with E-state index < -0.39 is 0 Å². The molecule has 130 valence electrons. The van der Waals surface area contributed by atoms with Crippen molar-refractivity contribution in [3.63, 3.8) is 0 Å². The van der Waals surface area contributed by atoms with Crippen molar-refractivity contribution in [3.05, 3.63) is 40.7 Å². The first kappa shape index (κ1) is 18.1. The third-order valence-electron chi connectivity index (χ3n) is 3.13. The van der Waals surface area contributed by atoms with Crippen LogP contribution >= 0.6 is 11.6 Å². The van der Waals surface area contributed by atoms with Gasteiger partial charge in [-0.3, -0.25) is 0 Å². The highest BCUT2D eigenvalue weighted by molar-refractivity contribution is 6.30. The van der Waals surface area contributed by atoms with Gasteiger partial charge in [-0.1, -0.05) is 11.6 Å². The number of rotatable bonds is 7. The summed E-state index contributed by atoms with van der Waals surface area (Å²) < 4.78 is 11.0. The Labute approximate surface area is 146 Å². The summed E-state index contributed by atoms with van der Waals surface area (Å²) in [5.41, 5.74) is 0.891. The van der Waals surface area contributed by atoms with Crippen LogP contribution in [0.1, 0.15) is 24.3 Å². The Morgan fingerprint density at radius 2 is 2.17 bits per heavy atom. The number of nitrogens with one attached hydrogen (secondary N) is 2. The summed E-state index contributed by atoms with van der Waals surface area (Å²) in [5.74, 6) is 2.64. The number of hydrogen-bond donors (Lipinski definition) is 2. The number of hydrogen-bond acceptors (Lipinski definition) is 5. The van der Waals surface area contributed by atoms with Crippen LogP contribution in [0.3, 0.4) is 0 Å². The van der Waals surface area contributed by atoms with E-state index in [1.165, 1.54) is 0 Å². The number of aliphatic imine (C=N–C) groups is 1. The zero-order valence-corrected chi connectivity index (χ0v) is 14.9. The van der Waals surface area contributed by atoms with Gasteiger partial charge in [-0.25, -0.2) is 15.0 Å². The topological polar surface area (TPSA) is 84.6 Å². The van der Waals surface area contributed by atoms with Gasteiger partial charge in [0.05, 0.1) is 17.3 Å². The van der Waals surface area contributed by atoms with Gasteiger partial charge < -0.3 is 19.8 Å². The summed E-state index contributed by atoms with van der Waals surface area (Å²) in [5, 5.41) is 6.93. The van der Waals surface area contributed by atoms with Gasteiger partial charge in [0, 0.05) is 18.8 Å². The molecule has 0 aliphatic rings. The van der Waals surface area contributed by atoms with E-state index in [4.69, 9.17) is 20.8 Å². The van der Waals surface area contributed by atoms with Crippen LogP contribution in [0.5, 0.6) is 5.88 Å². The lowest BCUT2D eigenvalue weighted by molar-refractivity contribution is 0.309. The largest absolute Gasteiger partial charge is 0.476 e. The van der Waals surface area contributed by atoms with Crippen molar-refractivity contribution in [1.29, 1.82) is 0 Å². The van der Waals surface area contributed by atoms with Crippen molar-refractivity contribution in [2.45, 2.75) is 27.3 Å². The summed E-state index contributed by atoms with van der Waals surface area (Å²) >= 11 is 5.78. The molecule has 0 aliphatic carbocycles. The van der Waals surface area contributed by atoms with Gasteiger partial charge >= 0.3 is 0 Å². The smallest absolute Gasteiger partial charge is 0.216 e. The van der Waals surface area contributed by atoms with Crippen LogP contribution in [-0.4, -0.2) is 35.6 Å². The van der Waals surface area contributed by atoms with Crippen LogP contribution in [0.4, 0.5) is 0 Å². The van der Waals surface area contributed by atoms with E-state index in [1.54, 1.807) is 18.3 Å². The lowest BCUT2D eigenvalue weighted by atomic mass is 10.4. The number of oxazole rings is 1. The minimum absolute atomic E-state index is 0.379. The first-order valence-corrected chi connectivity index (χ1v) is 8.15. The van der Waals surface area contributed by atoms with Crippen molar-refractivity contribution in [2.75, 3.05) is 19.7 Å². The fourth-order valence-corrected chi connectivity index (χ4v) is 1.98. The molecule has 0 saturated carbocycles. The highest BCUT2D eigenvalue weighted by Crippen LogP contribution is 2.11. The van der Waals surface area contributed by atoms with Gasteiger partial charge in [0.1, 0.15) is 18.9 Å². The van der Waals surface area contributed by atoms with E-state index in [2.05, 4.69) is 25.6 Å². The molecule has 24 heavy (non-hydrogen) atoms. The molecule has 0 aromatic carbocycles. The summed E-state index contributed by atoms with van der Waals surface area (Å²) in [4.78, 5) is 12.8. The van der Waals surface area contributed by atoms with Crippen LogP contribution in [0, 0.1) is 13.8 Å². The molecule has 0 amide bonds. The van der Waals surface area contributed by atoms with Gasteiger partial charge in [-0.2, -0.15) is 0 Å². The number of guanidine groups is 1. The molecule has 0 atom stereocenters. The van der Waals surface area contributed by atoms with Crippen LogP contribution < -0.4 is 15.4 Å². The monoisotopic (exact) mass is 351 g/mol. The van der Waals surface area contributed by atoms with Gasteiger partial charge in [0.15, 0.2) is 5.96 Å². The zero-order chi connectivity index (χ0) is 17.4. The molecular formula is C16H22ClN5O2. The SMILES string of the molecule is CCNC(=NCc1nc(C)c(C)o1)NCCOc1ccc(Cl)cn1. The quantitative estimate of drug-likeness (QED) is 0.453. The second-order valence-electron chi connectivity index (χ2n) is 5.03. The molecule has 2 N–H and O–H groups in total. The van der Waals surface area contributed by atoms with E-state index in [0.29, 0.717) is 42.4 Å². The second kappa shape index (κ2) is 9.12. The molecule has 0 radical (unpaired) electrons. The number of pyridine rings is 1. The predicted octanol–water partition coefficient (Wildman–Crippen LogP) is 2.47. The van der Waals surface area contributed by atoms with Crippen LogP contribution in [0.25, 0.3) is 0 Å². The van der Waals surface area contributed by atoms with Gasteiger partial charge in [-0.15, -0.1) is 0 Å². The lowest BCUT2D eigenvalue weighted by Crippen LogP contribution is -2.39. The van der Waals surface area contributed by atoms with E-state index >= 15 is 0 Å². The Morgan fingerprint density at radius 3 is 2.79 bits per heavy atom. The number of halogens is 1. The Morgan fingerprint density at radius 1 is 1.33 bits per heavy atom. The third kappa shape index (κ3) is 5.73. The summed E-state index contributed by atoms with van der Waals surface area (Å²) in [6.45, 7) is 7.98. The van der Waals surface area contributed by atoms with Crippen molar-refractivity contribution in [1.82, 2.24) is 20.6 Å². The van der Waals surface area contributed by atoms with Crippen molar-refractivity contribution < 1.29 is 9.15 Å². The van der Waals surface area contributed by atoms with E-state index in [1.807, 2.05) is 20.8 Å². The second-order valence-corrected chi connectivity index (χ2v) is 5.47. The average molecular weight is 352 g/mol. The standard InChI is InChI=1S/C16H22ClN5O2/c1-4-18-16(21-10-15-22-11(2)12(3)24-15)19-7-8-23-14-6-5-13(17)9-20-14/h5-6,9H,4,7-8,10H2,1-3H3,(H2,18,19,21). The van der Waals surface area contributed by atoms with Gasteiger partial charge in [0.25, 0.3) is 0 Å². The summed E-state index contributed by atoms with van der Waals surface area (Å²) in [7, 11) is 0. The molecule has 2 heterocycles. The first-order valence-electron chi connectivity index (χ1n) is 7.78. The maximum atomic E-state index is 5.78. The minimum Gasteiger partial charge on any atom is -0.476 e. The Hall–Kier alpha value is -2.28. The zero-order valence-electron chi connectivity index (χ0n) is 14.1. The Balaban J connectivity index is 1.79. The fraction of sp³-hybridized carbons (Fsp3) is 0.438. The maximum Gasteiger partial charge on any atom is 0.216 e. The van der Waals surface area contributed by atoms with Crippen LogP contribution in [-0.2, 0) is 6.54 Å². The van der Waals surface area contributed by atoms with Gasteiger partial charge in [0.2, 0.25) is 11.8 Å². The summed E-state index contributed by atoms with van der Waals surface area (Å²) in [6, 6.07) is 3.47. The van der Waals surface area contributed by atoms with E-state index in [0.717, 1.165) is 18.0 Å². The van der Waals surface area contributed by atoms with Crippen LogP contribution in [0.2, 0.25) is 5.02 Å². The number of aryl methyl sites for hydroxylation is 2. The average Bonchev–Trinajstić information content (AvgIpc) is 2.89. The fourth-order valence-electron chi connectivity index (χ4n) is 1.87. The molecule has 2 rings (SSSR count). The molecule has 0 aliphatic heterocycles. The first-order chi connectivity index (χ1) is 11.6. The highest BCUT2D eigenvalue weighted by atomic mass is 35.5. The molecule has 0 bridgehead atoms. The summed E-state index contributed by atoms with van der Waals surface area (Å²) in [6.07, 6.45) is 1.55. The number of nitrogens with zero attached hydrogens (tertiary/aromatic N) is 3. The Bertz CT molecular complexity index is 650. The molecule has 0 unspecified atom stereocenters. The minimum atomic E-state index is 0.379. The maximum absolute atomic E-state index is 5.78. The van der Waals surface area contributed by atoms with E-state index in [-0.39, 0.29) is 0 Å². The van der Waals surface area contributed by atoms with Crippen molar-refractivity contribution >= 4 is 17.6 Å². The molecule has 7 nitrogen and oxygen atoms in total. The number of aromatic nitrogens is 2. The lowest BCUT2D eigenvalue weighted by Gasteiger charge is -2.11. The van der Waals surface area contributed by atoms with Gasteiger partial charge in [-0.05, 0) is 26.8 Å². The molecule has 2 aromatic rings. The normalized spacial score (nSPS) is 11.4.